The lowest BCUT2D eigenvalue weighted by atomic mass is 9.96. The number of carbonyl (C=O) groups is 2. The van der Waals surface area contributed by atoms with Gasteiger partial charge in [0.05, 0.1) is 17.4 Å². The summed E-state index contributed by atoms with van der Waals surface area (Å²) in [5.41, 5.74) is 0.0804. The standard InChI is InChI=1S/C27H31FN4O4/c1-26(2,3)36-24(33)16-9-11-18(12-10-16)31-23-19(30-27(4,5)25(31)34)14-17-15-29-32(22(17)21(23)28)20-8-6-7-13-35-20/h9-12,14-15,20,30H,6-8,13H2,1-5H3. The van der Waals surface area contributed by atoms with Crippen molar-refractivity contribution in [2.75, 3.05) is 16.8 Å². The van der Waals surface area contributed by atoms with Crippen LogP contribution in [0.1, 0.15) is 70.5 Å². The lowest BCUT2D eigenvalue weighted by Gasteiger charge is -2.40. The van der Waals surface area contributed by atoms with E-state index in [0.717, 1.165) is 19.3 Å². The number of nitrogens with zero attached hydrogens (tertiary/aromatic N) is 3. The number of halogens is 1. The second-order valence-electron chi connectivity index (χ2n) is 10.9. The van der Waals surface area contributed by atoms with E-state index < -0.39 is 22.9 Å². The van der Waals surface area contributed by atoms with Gasteiger partial charge in [0.15, 0.2) is 12.0 Å². The molecule has 36 heavy (non-hydrogen) atoms. The van der Waals surface area contributed by atoms with Gasteiger partial charge in [-0.25, -0.2) is 13.9 Å². The van der Waals surface area contributed by atoms with Crippen molar-refractivity contribution in [3.63, 3.8) is 0 Å². The fourth-order valence-electron chi connectivity index (χ4n) is 4.71. The molecule has 8 nitrogen and oxygen atoms in total. The molecule has 3 aromatic rings. The van der Waals surface area contributed by atoms with Gasteiger partial charge in [-0.15, -0.1) is 0 Å². The van der Waals surface area contributed by atoms with Gasteiger partial charge in [0.1, 0.15) is 22.3 Å². The molecule has 0 aliphatic carbocycles. The molecular weight excluding hydrogens is 463 g/mol. The molecule has 1 aromatic heterocycles. The Morgan fingerprint density at radius 3 is 2.58 bits per heavy atom. The molecular formula is C27H31FN4O4. The van der Waals surface area contributed by atoms with E-state index in [1.165, 1.54) is 4.90 Å². The van der Waals surface area contributed by atoms with Gasteiger partial charge >= 0.3 is 5.97 Å². The topological polar surface area (TPSA) is 85.7 Å². The molecule has 0 bridgehead atoms. The zero-order valence-corrected chi connectivity index (χ0v) is 21.2. The van der Waals surface area contributed by atoms with E-state index in [-0.39, 0.29) is 17.8 Å². The van der Waals surface area contributed by atoms with Crippen LogP contribution in [0.25, 0.3) is 10.9 Å². The van der Waals surface area contributed by atoms with Crippen molar-refractivity contribution in [1.82, 2.24) is 9.78 Å². The van der Waals surface area contributed by atoms with Crippen molar-refractivity contribution < 1.29 is 23.5 Å². The molecule has 1 N–H and O–H groups in total. The molecule has 0 saturated carbocycles. The Morgan fingerprint density at radius 2 is 1.94 bits per heavy atom. The molecule has 0 radical (unpaired) electrons. The van der Waals surface area contributed by atoms with Gasteiger partial charge in [-0.2, -0.15) is 5.10 Å². The molecule has 190 valence electrons. The molecule has 0 spiro atoms. The second-order valence-corrected chi connectivity index (χ2v) is 10.9. The zero-order chi connectivity index (χ0) is 25.8. The normalized spacial score (nSPS) is 19.7. The average molecular weight is 495 g/mol. The number of carbonyl (C=O) groups excluding carboxylic acids is 2. The third kappa shape index (κ3) is 4.21. The number of hydrogen-bond acceptors (Lipinski definition) is 6. The van der Waals surface area contributed by atoms with Gasteiger partial charge < -0.3 is 14.8 Å². The SMILES string of the molecule is CC(C)(C)OC(=O)c1ccc(N2C(=O)C(C)(C)Nc3cc4cnn(C5CCCCO5)c4c(F)c32)cc1. The molecule has 2 aliphatic rings. The third-order valence-corrected chi connectivity index (χ3v) is 6.39. The largest absolute Gasteiger partial charge is 0.456 e. The first-order valence-corrected chi connectivity index (χ1v) is 12.2. The summed E-state index contributed by atoms with van der Waals surface area (Å²) in [6.45, 7) is 9.49. The van der Waals surface area contributed by atoms with Crippen LogP contribution in [-0.2, 0) is 14.3 Å². The smallest absolute Gasteiger partial charge is 0.338 e. The third-order valence-electron chi connectivity index (χ3n) is 6.39. The molecule has 9 heteroatoms. The number of anilines is 3. The molecule has 1 fully saturated rings. The molecule has 1 amide bonds. The van der Waals surface area contributed by atoms with Crippen LogP contribution in [0.2, 0.25) is 0 Å². The Balaban J connectivity index is 1.61. The molecule has 2 aliphatic heterocycles. The summed E-state index contributed by atoms with van der Waals surface area (Å²) in [6.07, 6.45) is 3.96. The van der Waals surface area contributed by atoms with Crippen molar-refractivity contribution in [2.45, 2.75) is 71.2 Å². The summed E-state index contributed by atoms with van der Waals surface area (Å²) in [5.74, 6) is -1.34. The Morgan fingerprint density at radius 1 is 1.22 bits per heavy atom. The van der Waals surface area contributed by atoms with Crippen molar-refractivity contribution in [1.29, 1.82) is 0 Å². The monoisotopic (exact) mass is 494 g/mol. The second kappa shape index (κ2) is 8.58. The number of hydrogen-bond donors (Lipinski definition) is 1. The van der Waals surface area contributed by atoms with Crippen molar-refractivity contribution in [3.05, 3.63) is 47.9 Å². The predicted molar refractivity (Wildman–Crippen MR) is 135 cm³/mol. The highest BCUT2D eigenvalue weighted by Crippen LogP contribution is 2.45. The minimum Gasteiger partial charge on any atom is -0.456 e. The fraction of sp³-hybridized carbons (Fsp3) is 0.444. The van der Waals surface area contributed by atoms with Gasteiger partial charge in [0.25, 0.3) is 5.91 Å². The average Bonchev–Trinajstić information content (AvgIpc) is 3.24. The van der Waals surface area contributed by atoms with Crippen molar-refractivity contribution >= 4 is 39.8 Å². The number of aromatic nitrogens is 2. The lowest BCUT2D eigenvalue weighted by molar-refractivity contribution is -0.121. The van der Waals surface area contributed by atoms with E-state index in [1.54, 1.807) is 69.8 Å². The molecule has 5 rings (SSSR count). The van der Waals surface area contributed by atoms with Crippen molar-refractivity contribution in [2.24, 2.45) is 0 Å². The Hall–Kier alpha value is -3.46. The number of ether oxygens (including phenoxy) is 2. The van der Waals surface area contributed by atoms with Gasteiger partial charge in [-0.3, -0.25) is 9.69 Å². The molecule has 1 unspecified atom stereocenters. The highest BCUT2D eigenvalue weighted by Gasteiger charge is 2.42. The fourth-order valence-corrected chi connectivity index (χ4v) is 4.71. The zero-order valence-electron chi connectivity index (χ0n) is 21.2. The quantitative estimate of drug-likeness (QED) is 0.470. The maximum absolute atomic E-state index is 16.3. The summed E-state index contributed by atoms with van der Waals surface area (Å²) >= 11 is 0. The highest BCUT2D eigenvalue weighted by atomic mass is 19.1. The van der Waals surface area contributed by atoms with Gasteiger partial charge in [0.2, 0.25) is 0 Å². The molecule has 1 atom stereocenters. The summed E-state index contributed by atoms with van der Waals surface area (Å²) in [7, 11) is 0. The number of nitrogens with one attached hydrogen (secondary N) is 1. The summed E-state index contributed by atoms with van der Waals surface area (Å²) in [6, 6.07) is 8.25. The van der Waals surface area contributed by atoms with E-state index in [4.69, 9.17) is 9.47 Å². The lowest BCUT2D eigenvalue weighted by Crippen LogP contribution is -2.52. The summed E-state index contributed by atoms with van der Waals surface area (Å²) in [4.78, 5) is 27.4. The van der Waals surface area contributed by atoms with E-state index in [2.05, 4.69) is 10.4 Å². The van der Waals surface area contributed by atoms with Crippen LogP contribution in [-0.4, -0.2) is 39.4 Å². The van der Waals surface area contributed by atoms with E-state index in [1.807, 2.05) is 6.07 Å². The predicted octanol–water partition coefficient (Wildman–Crippen LogP) is 5.70. The summed E-state index contributed by atoms with van der Waals surface area (Å²) < 4.78 is 29.2. The highest BCUT2D eigenvalue weighted by molar-refractivity contribution is 6.14. The minimum absolute atomic E-state index is 0.120. The first-order chi connectivity index (χ1) is 17.0. The Labute approximate surface area is 209 Å². The van der Waals surface area contributed by atoms with Crippen LogP contribution < -0.4 is 10.2 Å². The van der Waals surface area contributed by atoms with Gasteiger partial charge in [-0.1, -0.05) is 0 Å². The maximum Gasteiger partial charge on any atom is 0.338 e. The van der Waals surface area contributed by atoms with Gasteiger partial charge in [-0.05, 0) is 84.2 Å². The maximum atomic E-state index is 16.3. The summed E-state index contributed by atoms with van der Waals surface area (Å²) in [5, 5.41) is 8.25. The molecule has 2 aromatic carbocycles. The minimum atomic E-state index is -0.987. The molecule has 1 saturated heterocycles. The Kier molecular flexibility index (Phi) is 5.78. The van der Waals surface area contributed by atoms with E-state index >= 15 is 4.39 Å². The van der Waals surface area contributed by atoms with Crippen LogP contribution in [0.4, 0.5) is 21.5 Å². The number of esters is 1. The van der Waals surface area contributed by atoms with E-state index in [9.17, 15) is 9.59 Å². The first kappa shape index (κ1) is 24.2. The molecule has 3 heterocycles. The van der Waals surface area contributed by atoms with Crippen LogP contribution in [0.15, 0.2) is 36.5 Å². The number of rotatable bonds is 3. The van der Waals surface area contributed by atoms with Crippen LogP contribution >= 0.6 is 0 Å². The van der Waals surface area contributed by atoms with Crippen molar-refractivity contribution in [3.8, 4) is 0 Å². The number of amides is 1. The number of benzene rings is 2. The van der Waals surface area contributed by atoms with Crippen LogP contribution in [0.5, 0.6) is 0 Å². The first-order valence-electron chi connectivity index (χ1n) is 12.2. The van der Waals surface area contributed by atoms with E-state index in [0.29, 0.717) is 34.4 Å². The Bertz CT molecular complexity index is 1330. The van der Waals surface area contributed by atoms with Crippen LogP contribution in [0, 0.1) is 5.82 Å². The van der Waals surface area contributed by atoms with Gasteiger partial charge in [0, 0.05) is 17.7 Å². The van der Waals surface area contributed by atoms with Crippen LogP contribution in [0.3, 0.4) is 0 Å². The number of fused-ring (bicyclic) bond motifs is 2.